The quantitative estimate of drug-likeness (QED) is 0.460. The molecular formula is C28H30FN5O2S. The van der Waals surface area contributed by atoms with Crippen molar-refractivity contribution in [3.8, 4) is 17.2 Å². The van der Waals surface area contributed by atoms with Crippen LogP contribution in [-0.2, 0) is 0 Å². The van der Waals surface area contributed by atoms with Gasteiger partial charge in [0.15, 0.2) is 0 Å². The lowest BCUT2D eigenvalue weighted by atomic mass is 9.95. The maximum atomic E-state index is 14.6. The van der Waals surface area contributed by atoms with E-state index >= 15 is 0 Å². The lowest BCUT2D eigenvalue weighted by molar-refractivity contribution is 0.0771. The first-order chi connectivity index (χ1) is 17.7. The van der Waals surface area contributed by atoms with Crippen LogP contribution in [0.3, 0.4) is 0 Å². The number of allylic oxidation sites excluding steroid dienone is 5. The topological polar surface area (TPSA) is 112 Å². The van der Waals surface area contributed by atoms with Crippen molar-refractivity contribution in [2.24, 2.45) is 0 Å². The fourth-order valence-corrected chi connectivity index (χ4v) is 5.19. The second-order valence-corrected chi connectivity index (χ2v) is 10.7. The number of halogens is 1. The molecule has 1 amide bonds. The normalized spacial score (nSPS) is 17.4. The number of thiophene rings is 1. The number of hydrogen-bond donors (Lipinski definition) is 4. The molecule has 4 N–H and O–H groups in total. The van der Waals surface area contributed by atoms with Gasteiger partial charge in [-0.05, 0) is 68.3 Å². The first kappa shape index (κ1) is 26.5. The second kappa shape index (κ2) is 11.2. The van der Waals surface area contributed by atoms with Gasteiger partial charge in [-0.25, -0.2) is 4.39 Å². The van der Waals surface area contributed by atoms with E-state index in [4.69, 9.17) is 10.7 Å². The number of nitriles is 1. The molecule has 4 rings (SSSR count). The first-order valence-electron chi connectivity index (χ1n) is 12.1. The lowest BCUT2D eigenvalue weighted by Gasteiger charge is -2.23. The van der Waals surface area contributed by atoms with E-state index < -0.39 is 11.4 Å². The van der Waals surface area contributed by atoms with Crippen LogP contribution in [0.15, 0.2) is 54.3 Å². The van der Waals surface area contributed by atoms with Crippen LogP contribution in [0.5, 0.6) is 0 Å². The highest BCUT2D eigenvalue weighted by atomic mass is 32.1. The zero-order valence-corrected chi connectivity index (χ0v) is 21.7. The molecule has 0 unspecified atom stereocenters. The van der Waals surface area contributed by atoms with Gasteiger partial charge >= 0.3 is 0 Å². The van der Waals surface area contributed by atoms with E-state index in [1.54, 1.807) is 24.4 Å². The highest BCUT2D eigenvalue weighted by Gasteiger charge is 2.24. The van der Waals surface area contributed by atoms with Crippen molar-refractivity contribution >= 4 is 28.5 Å². The summed E-state index contributed by atoms with van der Waals surface area (Å²) in [4.78, 5) is 16.6. The predicted octanol–water partition coefficient (Wildman–Crippen LogP) is 4.08. The van der Waals surface area contributed by atoms with Gasteiger partial charge in [-0.15, -0.1) is 11.3 Å². The van der Waals surface area contributed by atoms with Crippen LogP contribution in [0.4, 0.5) is 4.39 Å². The third-order valence-corrected chi connectivity index (χ3v) is 7.47. The molecule has 2 aliphatic rings. The number of carbonyl (C=O) groups excluding carboxylic acids is 1. The van der Waals surface area contributed by atoms with Crippen LogP contribution in [0.1, 0.15) is 40.4 Å². The highest BCUT2D eigenvalue weighted by molar-refractivity contribution is 7.15. The summed E-state index contributed by atoms with van der Waals surface area (Å²) in [6.07, 6.45) is 7.92. The molecule has 1 saturated heterocycles. The van der Waals surface area contributed by atoms with Crippen molar-refractivity contribution in [2.45, 2.75) is 25.8 Å². The molecular weight excluding hydrogens is 489 g/mol. The van der Waals surface area contributed by atoms with Crippen molar-refractivity contribution in [3.05, 3.63) is 75.4 Å². The first-order valence-corrected chi connectivity index (χ1v) is 13.0. The minimum absolute atomic E-state index is 0.0399. The SMILES string of the molecule is CC(C)(CO)N/C=C1/C=C(c2sc(C(=O)N3CCCNCC3)cc2-c2ccc(C#N)c(F)c2)C=CC1=N. The average Bonchev–Trinajstić information content (AvgIpc) is 3.15. The van der Waals surface area contributed by atoms with Crippen LogP contribution in [0, 0.1) is 22.6 Å². The summed E-state index contributed by atoms with van der Waals surface area (Å²) >= 11 is 1.34. The molecule has 9 heteroatoms. The van der Waals surface area contributed by atoms with Crippen LogP contribution >= 0.6 is 11.3 Å². The van der Waals surface area contributed by atoms with Crippen molar-refractivity contribution < 1.29 is 14.3 Å². The molecule has 1 aromatic carbocycles. The van der Waals surface area contributed by atoms with Crippen LogP contribution < -0.4 is 10.6 Å². The van der Waals surface area contributed by atoms with Crippen molar-refractivity contribution in [1.82, 2.24) is 15.5 Å². The van der Waals surface area contributed by atoms with Crippen LogP contribution in [-0.4, -0.2) is 60.0 Å². The fourth-order valence-electron chi connectivity index (χ4n) is 4.05. The molecule has 1 aliphatic carbocycles. The molecule has 1 aromatic heterocycles. The maximum Gasteiger partial charge on any atom is 0.264 e. The zero-order valence-electron chi connectivity index (χ0n) is 20.9. The summed E-state index contributed by atoms with van der Waals surface area (Å²) in [5.41, 5.74) is 2.38. The third kappa shape index (κ3) is 6.05. The molecule has 0 atom stereocenters. The number of nitrogens with zero attached hydrogens (tertiary/aromatic N) is 2. The average molecular weight is 520 g/mol. The number of benzene rings is 1. The van der Waals surface area contributed by atoms with E-state index in [2.05, 4.69) is 10.6 Å². The van der Waals surface area contributed by atoms with Gasteiger partial charge in [0.05, 0.1) is 28.3 Å². The molecule has 0 saturated carbocycles. The zero-order chi connectivity index (χ0) is 26.6. The van der Waals surface area contributed by atoms with Gasteiger partial charge in [-0.3, -0.25) is 4.79 Å². The Bertz CT molecular complexity index is 1340. The summed E-state index contributed by atoms with van der Waals surface area (Å²) in [5.74, 6) is -0.680. The molecule has 1 fully saturated rings. The van der Waals surface area contributed by atoms with Gasteiger partial charge < -0.3 is 26.0 Å². The van der Waals surface area contributed by atoms with E-state index in [0.717, 1.165) is 30.0 Å². The minimum Gasteiger partial charge on any atom is -0.394 e. The molecule has 0 bridgehead atoms. The second-order valence-electron chi connectivity index (χ2n) is 9.69. The summed E-state index contributed by atoms with van der Waals surface area (Å²) < 4.78 is 14.6. The molecule has 37 heavy (non-hydrogen) atoms. The maximum absolute atomic E-state index is 14.6. The molecule has 0 radical (unpaired) electrons. The van der Waals surface area contributed by atoms with Crippen molar-refractivity contribution in [1.29, 1.82) is 10.7 Å². The number of nitrogens with one attached hydrogen (secondary N) is 3. The number of aliphatic hydroxyl groups is 1. The molecule has 2 aromatic rings. The van der Waals surface area contributed by atoms with Gasteiger partial charge in [0, 0.05) is 41.8 Å². The molecule has 2 heterocycles. The Hall–Kier alpha value is -3.58. The van der Waals surface area contributed by atoms with Gasteiger partial charge in [0.2, 0.25) is 0 Å². The Morgan fingerprint density at radius 3 is 2.86 bits per heavy atom. The van der Waals surface area contributed by atoms with Crippen molar-refractivity contribution in [3.63, 3.8) is 0 Å². The number of rotatable bonds is 6. The number of amides is 1. The Balaban J connectivity index is 1.79. The van der Waals surface area contributed by atoms with E-state index in [1.165, 1.54) is 23.5 Å². The summed E-state index contributed by atoms with van der Waals surface area (Å²) in [5, 5.41) is 33.5. The number of hydrogen-bond acceptors (Lipinski definition) is 7. The Morgan fingerprint density at radius 1 is 1.32 bits per heavy atom. The molecule has 192 valence electrons. The highest BCUT2D eigenvalue weighted by Crippen LogP contribution is 2.39. The lowest BCUT2D eigenvalue weighted by Crippen LogP contribution is -2.39. The van der Waals surface area contributed by atoms with E-state index in [0.29, 0.717) is 40.4 Å². The smallest absolute Gasteiger partial charge is 0.264 e. The summed E-state index contributed by atoms with van der Waals surface area (Å²) in [6.45, 7) is 6.51. The van der Waals surface area contributed by atoms with Crippen LogP contribution in [0.25, 0.3) is 16.7 Å². The molecule has 1 aliphatic heterocycles. The van der Waals surface area contributed by atoms with Gasteiger partial charge in [0.25, 0.3) is 5.91 Å². The summed E-state index contributed by atoms with van der Waals surface area (Å²) in [6, 6.07) is 8.11. The third-order valence-electron chi connectivity index (χ3n) is 6.30. The summed E-state index contributed by atoms with van der Waals surface area (Å²) in [7, 11) is 0. The largest absolute Gasteiger partial charge is 0.394 e. The monoisotopic (exact) mass is 519 g/mol. The van der Waals surface area contributed by atoms with Crippen LogP contribution in [0.2, 0.25) is 0 Å². The van der Waals surface area contributed by atoms with Crippen molar-refractivity contribution in [2.75, 3.05) is 32.8 Å². The van der Waals surface area contributed by atoms with Gasteiger partial charge in [-0.1, -0.05) is 12.1 Å². The molecule has 0 spiro atoms. The van der Waals surface area contributed by atoms with E-state index in [9.17, 15) is 14.3 Å². The standard InChI is InChI=1S/C28H30FN5O2S/c1-28(2,17-35)33-16-21-12-19(6-7-24(21)31)26-22(18-4-5-20(15-30)23(29)13-18)14-25(37-26)27(36)34-10-3-8-32-9-11-34/h4-7,12-14,16,31-33,35H,3,8-11,17H2,1-2H3/b21-16-,31-24?. The Labute approximate surface area is 220 Å². The number of carbonyl (C=O) groups is 1. The fraction of sp³-hybridized carbons (Fsp3) is 0.321. The van der Waals surface area contributed by atoms with Gasteiger partial charge in [0.1, 0.15) is 11.9 Å². The molecule has 7 nitrogen and oxygen atoms in total. The number of aliphatic hydroxyl groups excluding tert-OH is 1. The minimum atomic E-state index is -0.616. The Kier molecular flexibility index (Phi) is 8.03. The van der Waals surface area contributed by atoms with Gasteiger partial charge in [-0.2, -0.15) is 5.26 Å². The predicted molar refractivity (Wildman–Crippen MR) is 145 cm³/mol. The van der Waals surface area contributed by atoms with E-state index in [-0.39, 0.29) is 18.1 Å². The van der Waals surface area contributed by atoms with E-state index in [1.807, 2.05) is 37.0 Å². The Morgan fingerprint density at radius 2 is 2.14 bits per heavy atom.